The Morgan fingerprint density at radius 3 is 3.00 bits per heavy atom. The van der Waals surface area contributed by atoms with Crippen molar-refractivity contribution in [3.63, 3.8) is 0 Å². The zero-order valence-corrected chi connectivity index (χ0v) is 8.99. The molecule has 0 radical (unpaired) electrons. The molecular formula is C13H15NO. The van der Waals surface area contributed by atoms with Crippen LogP contribution in [0.5, 0.6) is 0 Å². The van der Waals surface area contributed by atoms with Gasteiger partial charge < -0.3 is 4.90 Å². The molecule has 1 amide bonds. The average molecular weight is 201 g/mol. The Balaban J connectivity index is 2.25. The first-order chi connectivity index (χ1) is 7.20. The van der Waals surface area contributed by atoms with E-state index < -0.39 is 0 Å². The first-order valence-corrected chi connectivity index (χ1v) is 5.20. The van der Waals surface area contributed by atoms with Gasteiger partial charge in [-0.05, 0) is 30.5 Å². The third kappa shape index (κ3) is 1.94. The van der Waals surface area contributed by atoms with Gasteiger partial charge in [0.15, 0.2) is 0 Å². The Labute approximate surface area is 90.2 Å². The highest BCUT2D eigenvalue weighted by Gasteiger charge is 2.18. The predicted octanol–water partition coefficient (Wildman–Crippen LogP) is 2.07. The molecule has 0 N–H and O–H groups in total. The highest BCUT2D eigenvalue weighted by molar-refractivity contribution is 5.87. The second-order valence-corrected chi connectivity index (χ2v) is 3.99. The highest BCUT2D eigenvalue weighted by Crippen LogP contribution is 2.20. The van der Waals surface area contributed by atoms with Crippen molar-refractivity contribution in [3.05, 3.63) is 47.5 Å². The highest BCUT2D eigenvalue weighted by atomic mass is 16.2. The number of carbonyl (C=O) groups is 1. The molecule has 0 saturated carbocycles. The van der Waals surface area contributed by atoms with Gasteiger partial charge >= 0.3 is 0 Å². The van der Waals surface area contributed by atoms with Gasteiger partial charge in [0, 0.05) is 13.1 Å². The largest absolute Gasteiger partial charge is 0.335 e. The van der Waals surface area contributed by atoms with Crippen molar-refractivity contribution < 1.29 is 4.79 Å². The van der Waals surface area contributed by atoms with Crippen LogP contribution < -0.4 is 0 Å². The van der Waals surface area contributed by atoms with Gasteiger partial charge in [0.05, 0.1) is 0 Å². The van der Waals surface area contributed by atoms with Gasteiger partial charge in [0.25, 0.3) is 0 Å². The van der Waals surface area contributed by atoms with E-state index in [-0.39, 0.29) is 5.91 Å². The van der Waals surface area contributed by atoms with Crippen molar-refractivity contribution >= 4 is 5.91 Å². The molecule has 0 atom stereocenters. The van der Waals surface area contributed by atoms with E-state index in [1.807, 2.05) is 4.90 Å². The Bertz CT molecular complexity index is 409. The number of carbonyl (C=O) groups excluding carboxylic acids is 1. The second-order valence-electron chi connectivity index (χ2n) is 3.99. The lowest BCUT2D eigenvalue weighted by Crippen LogP contribution is -2.34. The van der Waals surface area contributed by atoms with E-state index in [0.717, 1.165) is 19.5 Å². The standard InChI is InChI=1S/C13H15NO/c1-3-13(15)14-7-6-11-5-4-10(2)8-12(11)9-14/h3-5,8H,1,6-7,9H2,2H3. The zero-order valence-electron chi connectivity index (χ0n) is 8.99. The molecule has 0 fully saturated rings. The summed E-state index contributed by atoms with van der Waals surface area (Å²) < 4.78 is 0. The van der Waals surface area contributed by atoms with Crippen LogP contribution >= 0.6 is 0 Å². The number of rotatable bonds is 1. The van der Waals surface area contributed by atoms with E-state index in [2.05, 4.69) is 31.7 Å². The molecule has 0 aromatic heterocycles. The topological polar surface area (TPSA) is 20.3 Å². The molecule has 2 rings (SSSR count). The Morgan fingerprint density at radius 2 is 2.27 bits per heavy atom. The summed E-state index contributed by atoms with van der Waals surface area (Å²) in [6, 6.07) is 6.46. The third-order valence-corrected chi connectivity index (χ3v) is 2.86. The first-order valence-electron chi connectivity index (χ1n) is 5.20. The van der Waals surface area contributed by atoms with Gasteiger partial charge in [0.1, 0.15) is 0 Å². The molecule has 1 aliphatic rings. The fourth-order valence-corrected chi connectivity index (χ4v) is 2.00. The molecule has 1 heterocycles. The summed E-state index contributed by atoms with van der Waals surface area (Å²) >= 11 is 0. The van der Waals surface area contributed by atoms with Crippen molar-refractivity contribution in [2.45, 2.75) is 19.9 Å². The van der Waals surface area contributed by atoms with Crippen molar-refractivity contribution in [1.29, 1.82) is 0 Å². The number of amides is 1. The molecule has 1 aliphatic heterocycles. The van der Waals surface area contributed by atoms with Crippen molar-refractivity contribution in [1.82, 2.24) is 4.90 Å². The van der Waals surface area contributed by atoms with Crippen LogP contribution in [0.2, 0.25) is 0 Å². The van der Waals surface area contributed by atoms with E-state index in [0.29, 0.717) is 0 Å². The summed E-state index contributed by atoms with van der Waals surface area (Å²) in [6.45, 7) is 7.13. The first kappa shape index (κ1) is 9.97. The van der Waals surface area contributed by atoms with Crippen LogP contribution in [0.15, 0.2) is 30.9 Å². The van der Waals surface area contributed by atoms with Crippen LogP contribution in [0, 0.1) is 6.92 Å². The number of aryl methyl sites for hydroxylation is 1. The van der Waals surface area contributed by atoms with E-state index in [1.54, 1.807) is 0 Å². The smallest absolute Gasteiger partial charge is 0.246 e. The summed E-state index contributed by atoms with van der Waals surface area (Å²) in [7, 11) is 0. The molecule has 15 heavy (non-hydrogen) atoms. The van der Waals surface area contributed by atoms with Crippen LogP contribution in [0.3, 0.4) is 0 Å². The summed E-state index contributed by atoms with van der Waals surface area (Å²) in [5.74, 6) is 0.0298. The monoisotopic (exact) mass is 201 g/mol. The van der Waals surface area contributed by atoms with Crippen LogP contribution in [0.4, 0.5) is 0 Å². The normalized spacial score (nSPS) is 14.6. The fourth-order valence-electron chi connectivity index (χ4n) is 2.00. The van der Waals surface area contributed by atoms with Crippen LogP contribution in [-0.4, -0.2) is 17.4 Å². The number of hydrogen-bond acceptors (Lipinski definition) is 1. The predicted molar refractivity (Wildman–Crippen MR) is 60.5 cm³/mol. The Kier molecular flexibility index (Phi) is 2.58. The minimum absolute atomic E-state index is 0.0298. The van der Waals surface area contributed by atoms with Crippen LogP contribution in [0.25, 0.3) is 0 Å². The van der Waals surface area contributed by atoms with Crippen molar-refractivity contribution in [2.24, 2.45) is 0 Å². The summed E-state index contributed by atoms with van der Waals surface area (Å²) in [5.41, 5.74) is 3.90. The van der Waals surface area contributed by atoms with E-state index >= 15 is 0 Å². The van der Waals surface area contributed by atoms with Crippen LogP contribution in [-0.2, 0) is 17.8 Å². The van der Waals surface area contributed by atoms with Gasteiger partial charge in [-0.15, -0.1) is 0 Å². The molecule has 2 heteroatoms. The van der Waals surface area contributed by atoms with E-state index in [4.69, 9.17) is 0 Å². The van der Waals surface area contributed by atoms with Crippen molar-refractivity contribution in [3.8, 4) is 0 Å². The van der Waals surface area contributed by atoms with Gasteiger partial charge in [-0.1, -0.05) is 30.3 Å². The summed E-state index contributed by atoms with van der Waals surface area (Å²) in [6.07, 6.45) is 2.34. The van der Waals surface area contributed by atoms with Gasteiger partial charge in [0.2, 0.25) is 5.91 Å². The Morgan fingerprint density at radius 1 is 1.47 bits per heavy atom. The summed E-state index contributed by atoms with van der Waals surface area (Å²) in [4.78, 5) is 13.3. The lowest BCUT2D eigenvalue weighted by Gasteiger charge is -2.28. The maximum Gasteiger partial charge on any atom is 0.246 e. The molecule has 0 saturated heterocycles. The molecule has 2 nitrogen and oxygen atoms in total. The van der Waals surface area contributed by atoms with E-state index in [9.17, 15) is 4.79 Å². The SMILES string of the molecule is C=CC(=O)N1CCc2ccc(C)cc2C1. The molecule has 0 aliphatic carbocycles. The van der Waals surface area contributed by atoms with Gasteiger partial charge in [-0.3, -0.25) is 4.79 Å². The minimum Gasteiger partial charge on any atom is -0.335 e. The van der Waals surface area contributed by atoms with Crippen LogP contribution in [0.1, 0.15) is 16.7 Å². The molecule has 1 aromatic rings. The van der Waals surface area contributed by atoms with Gasteiger partial charge in [-0.25, -0.2) is 0 Å². The molecule has 1 aromatic carbocycles. The molecular weight excluding hydrogens is 186 g/mol. The maximum absolute atomic E-state index is 11.5. The molecule has 0 unspecified atom stereocenters. The second kappa shape index (κ2) is 3.89. The summed E-state index contributed by atoms with van der Waals surface area (Å²) in [5, 5.41) is 0. The fraction of sp³-hybridized carbons (Fsp3) is 0.308. The third-order valence-electron chi connectivity index (χ3n) is 2.86. The number of nitrogens with zero attached hydrogens (tertiary/aromatic N) is 1. The molecule has 78 valence electrons. The lowest BCUT2D eigenvalue weighted by molar-refractivity contribution is -0.126. The number of benzene rings is 1. The molecule has 0 spiro atoms. The molecule has 0 bridgehead atoms. The quantitative estimate of drug-likeness (QED) is 0.637. The number of fused-ring (bicyclic) bond motifs is 1. The van der Waals surface area contributed by atoms with Crippen molar-refractivity contribution in [2.75, 3.05) is 6.54 Å². The lowest BCUT2D eigenvalue weighted by atomic mass is 9.98. The number of hydrogen-bond donors (Lipinski definition) is 0. The van der Waals surface area contributed by atoms with E-state index in [1.165, 1.54) is 22.8 Å². The maximum atomic E-state index is 11.5. The average Bonchev–Trinajstić information content (AvgIpc) is 2.27. The van der Waals surface area contributed by atoms with Gasteiger partial charge in [-0.2, -0.15) is 0 Å². The minimum atomic E-state index is 0.0298. The zero-order chi connectivity index (χ0) is 10.8. The Hall–Kier alpha value is -1.57.